The first-order valence-corrected chi connectivity index (χ1v) is 12.7. The van der Waals surface area contributed by atoms with E-state index in [9.17, 15) is 40.5 Å². The molecule has 0 aliphatic heterocycles. The second kappa shape index (κ2) is 12.7. The Labute approximate surface area is 217 Å². The number of ether oxygens (including phenoxy) is 1. The molecule has 3 rings (SSSR count). The molecule has 1 aliphatic rings. The van der Waals surface area contributed by atoms with E-state index < -0.39 is 52.6 Å². The molecule has 0 aromatic heterocycles. The van der Waals surface area contributed by atoms with Crippen LogP contribution in [0.3, 0.4) is 0 Å². The van der Waals surface area contributed by atoms with Crippen molar-refractivity contribution in [2.24, 2.45) is 11.8 Å². The van der Waals surface area contributed by atoms with Crippen LogP contribution in [0.4, 0.5) is 36.8 Å². The van der Waals surface area contributed by atoms with Gasteiger partial charge in [0, 0.05) is 17.8 Å². The van der Waals surface area contributed by atoms with Crippen molar-refractivity contribution in [3.63, 3.8) is 0 Å². The van der Waals surface area contributed by atoms with Crippen molar-refractivity contribution in [3.8, 4) is 0 Å². The molecule has 38 heavy (non-hydrogen) atoms. The molecule has 208 valence electrons. The molecule has 2 aromatic carbocycles. The Morgan fingerprint density at radius 1 is 0.895 bits per heavy atom. The SMILES string of the molecule is O=C(Nc1ccccc1)OCC1CCC(CN[S+]([O-])NC(=O)c2cc(C(F)(F)F)cc(C(F)(F)F)c2)CC1. The van der Waals surface area contributed by atoms with E-state index in [1.807, 2.05) is 10.8 Å². The smallest absolute Gasteiger partial charge is 0.416 e. The Bertz CT molecular complexity index is 1060. The highest BCUT2D eigenvalue weighted by Crippen LogP contribution is 2.36. The third kappa shape index (κ3) is 9.10. The lowest BCUT2D eigenvalue weighted by atomic mass is 9.82. The summed E-state index contributed by atoms with van der Waals surface area (Å²) in [5, 5.41) is 2.62. The second-order valence-corrected chi connectivity index (χ2v) is 9.85. The standard InChI is InChI=1S/C24H25F6N3O4S/c25-23(26,27)18-10-17(11-19(12-18)24(28,29)30)21(34)33-38(36)31-13-15-6-8-16(9-7-15)14-37-22(35)32-20-4-2-1-3-5-20/h1-5,10-12,15-16,31H,6-9,13-14H2,(H,32,35)(H,33,34). The van der Waals surface area contributed by atoms with Gasteiger partial charge in [0.05, 0.1) is 17.7 Å². The van der Waals surface area contributed by atoms with Crippen LogP contribution in [0.1, 0.15) is 47.2 Å². The third-order valence-corrected chi connectivity index (χ3v) is 6.77. The fraction of sp³-hybridized carbons (Fsp3) is 0.417. The summed E-state index contributed by atoms with van der Waals surface area (Å²) in [6.45, 7) is 0.434. The fourth-order valence-corrected chi connectivity index (χ4v) is 4.68. The first-order valence-electron chi connectivity index (χ1n) is 11.6. The number of hydrogen-bond donors (Lipinski definition) is 3. The Kier molecular flexibility index (Phi) is 9.90. The van der Waals surface area contributed by atoms with Gasteiger partial charge in [-0.2, -0.15) is 26.3 Å². The van der Waals surface area contributed by atoms with Gasteiger partial charge in [-0.25, -0.2) is 4.79 Å². The van der Waals surface area contributed by atoms with Gasteiger partial charge in [0.1, 0.15) is 0 Å². The van der Waals surface area contributed by atoms with Crippen LogP contribution in [0.5, 0.6) is 0 Å². The highest BCUT2D eigenvalue weighted by molar-refractivity contribution is 7.88. The van der Waals surface area contributed by atoms with Crippen molar-refractivity contribution in [1.29, 1.82) is 0 Å². The average Bonchev–Trinajstić information content (AvgIpc) is 2.86. The van der Waals surface area contributed by atoms with Gasteiger partial charge in [0.2, 0.25) is 0 Å². The molecule has 14 heteroatoms. The Morgan fingerprint density at radius 2 is 1.45 bits per heavy atom. The van der Waals surface area contributed by atoms with E-state index >= 15 is 0 Å². The minimum atomic E-state index is -5.11. The van der Waals surface area contributed by atoms with Gasteiger partial charge in [-0.3, -0.25) is 10.1 Å². The highest BCUT2D eigenvalue weighted by Gasteiger charge is 2.38. The van der Waals surface area contributed by atoms with Gasteiger partial charge in [-0.1, -0.05) is 18.2 Å². The zero-order chi connectivity index (χ0) is 27.9. The molecule has 1 unspecified atom stereocenters. The van der Waals surface area contributed by atoms with Gasteiger partial charge in [-0.05, 0) is 67.9 Å². The minimum Gasteiger partial charge on any atom is -0.573 e. The number of anilines is 1. The zero-order valence-corrected chi connectivity index (χ0v) is 20.6. The number of rotatable bonds is 8. The molecule has 0 saturated heterocycles. The molecule has 0 heterocycles. The molecule has 3 N–H and O–H groups in total. The molecule has 1 saturated carbocycles. The van der Waals surface area contributed by atoms with Crippen LogP contribution < -0.4 is 14.8 Å². The molecule has 1 fully saturated rings. The molecule has 1 atom stereocenters. The van der Waals surface area contributed by atoms with Crippen LogP contribution in [0, 0.1) is 11.8 Å². The Hall–Kier alpha value is -2.97. The van der Waals surface area contributed by atoms with Crippen molar-refractivity contribution >= 4 is 29.2 Å². The van der Waals surface area contributed by atoms with E-state index in [1.165, 1.54) is 0 Å². The number of alkyl halides is 6. The number of para-hydroxylation sites is 1. The normalized spacial score (nSPS) is 18.9. The summed E-state index contributed by atoms with van der Waals surface area (Å²) < 4.78 is 99.8. The van der Waals surface area contributed by atoms with Crippen LogP contribution in [0.2, 0.25) is 0 Å². The van der Waals surface area contributed by atoms with Gasteiger partial charge in [0.15, 0.2) is 11.5 Å². The third-order valence-electron chi connectivity index (χ3n) is 5.97. The number of halogens is 6. The minimum absolute atomic E-state index is 0.0654. The fourth-order valence-electron chi connectivity index (χ4n) is 3.93. The van der Waals surface area contributed by atoms with Crippen molar-refractivity contribution in [1.82, 2.24) is 9.44 Å². The van der Waals surface area contributed by atoms with E-state index in [-0.39, 0.29) is 43.2 Å². The van der Waals surface area contributed by atoms with Gasteiger partial charge in [-0.15, -0.1) is 9.44 Å². The van der Waals surface area contributed by atoms with Crippen LogP contribution in [-0.4, -0.2) is 29.7 Å². The van der Waals surface area contributed by atoms with Crippen molar-refractivity contribution < 1.29 is 45.2 Å². The summed E-state index contributed by atoms with van der Waals surface area (Å²) in [7, 11) is 0. The van der Waals surface area contributed by atoms with Crippen molar-refractivity contribution in [2.75, 3.05) is 18.5 Å². The monoisotopic (exact) mass is 565 g/mol. The van der Waals surface area contributed by atoms with Crippen LogP contribution in [-0.2, 0) is 28.6 Å². The number of carbonyl (C=O) groups is 2. The second-order valence-electron chi connectivity index (χ2n) is 8.82. The maximum Gasteiger partial charge on any atom is 0.416 e. The Morgan fingerprint density at radius 3 is 2.00 bits per heavy atom. The summed E-state index contributed by atoms with van der Waals surface area (Å²) >= 11 is -2.24. The lowest BCUT2D eigenvalue weighted by molar-refractivity contribution is -0.143. The molecule has 0 bridgehead atoms. The largest absolute Gasteiger partial charge is 0.573 e. The average molecular weight is 566 g/mol. The van der Waals surface area contributed by atoms with Gasteiger partial charge in [0.25, 0.3) is 5.91 Å². The van der Waals surface area contributed by atoms with Crippen LogP contribution >= 0.6 is 0 Å². The molecular formula is C24H25F6N3O4S. The van der Waals surface area contributed by atoms with E-state index in [2.05, 4.69) is 10.0 Å². The predicted molar refractivity (Wildman–Crippen MR) is 127 cm³/mol. The molecule has 0 radical (unpaired) electrons. The lowest BCUT2D eigenvalue weighted by Gasteiger charge is -2.28. The zero-order valence-electron chi connectivity index (χ0n) is 19.8. The number of carbonyl (C=O) groups excluding carboxylic acids is 2. The number of benzene rings is 2. The van der Waals surface area contributed by atoms with Crippen LogP contribution in [0.25, 0.3) is 0 Å². The summed E-state index contributed by atoms with van der Waals surface area (Å²) in [5.41, 5.74) is -3.59. The van der Waals surface area contributed by atoms with Gasteiger partial charge >= 0.3 is 18.4 Å². The lowest BCUT2D eigenvalue weighted by Crippen LogP contribution is -2.42. The first kappa shape index (κ1) is 29.6. The maximum absolute atomic E-state index is 13.0. The maximum atomic E-state index is 13.0. The number of amides is 2. The summed E-state index contributed by atoms with van der Waals surface area (Å²) in [6, 6.07) is 9.27. The van der Waals surface area contributed by atoms with Crippen molar-refractivity contribution in [2.45, 2.75) is 38.0 Å². The summed E-state index contributed by atoms with van der Waals surface area (Å²) in [5.74, 6) is -1.14. The molecule has 2 aromatic rings. The van der Waals surface area contributed by atoms with E-state index in [1.54, 1.807) is 24.3 Å². The topological polar surface area (TPSA) is 103 Å². The molecule has 1 aliphatic carbocycles. The quantitative estimate of drug-likeness (QED) is 0.283. The number of nitrogens with one attached hydrogen (secondary N) is 3. The van der Waals surface area contributed by atoms with E-state index in [0.717, 1.165) is 12.8 Å². The molecular weight excluding hydrogens is 540 g/mol. The first-order chi connectivity index (χ1) is 17.8. The number of hydrogen-bond acceptors (Lipinski definition) is 5. The summed E-state index contributed by atoms with van der Waals surface area (Å²) in [6.07, 6.45) is -7.91. The van der Waals surface area contributed by atoms with E-state index in [4.69, 9.17) is 4.74 Å². The van der Waals surface area contributed by atoms with Gasteiger partial charge < -0.3 is 9.29 Å². The van der Waals surface area contributed by atoms with E-state index in [0.29, 0.717) is 18.5 Å². The Balaban J connectivity index is 1.42. The molecule has 2 amide bonds. The molecule has 0 spiro atoms. The molecule has 7 nitrogen and oxygen atoms in total. The van der Waals surface area contributed by atoms with Crippen molar-refractivity contribution in [3.05, 3.63) is 65.2 Å². The predicted octanol–water partition coefficient (Wildman–Crippen LogP) is 5.68. The summed E-state index contributed by atoms with van der Waals surface area (Å²) in [4.78, 5) is 24.1. The highest BCUT2D eigenvalue weighted by atomic mass is 32.2. The van der Waals surface area contributed by atoms with Crippen LogP contribution in [0.15, 0.2) is 48.5 Å².